The molecule has 0 aromatic heterocycles. The second-order valence-electron chi connectivity index (χ2n) is 4.87. The smallest absolute Gasteiger partial charge is 0.310 e. The largest absolute Gasteiger partial charge is 0.363 e. The first kappa shape index (κ1) is 14.8. The zero-order chi connectivity index (χ0) is 15.4. The summed E-state index contributed by atoms with van der Waals surface area (Å²) in [4.78, 5) is 14.7. The van der Waals surface area contributed by atoms with E-state index >= 15 is 0 Å². The summed E-state index contributed by atoms with van der Waals surface area (Å²) in [5.74, 6) is 0. The maximum Gasteiger partial charge on any atom is 0.310 e. The van der Waals surface area contributed by atoms with Gasteiger partial charge in [-0.1, -0.05) is 6.07 Å². The van der Waals surface area contributed by atoms with Crippen molar-refractivity contribution in [2.45, 2.75) is 13.0 Å². The van der Waals surface area contributed by atoms with Gasteiger partial charge in [0, 0.05) is 26.2 Å². The fraction of sp³-hybridized carbons (Fsp3) is 0.429. The van der Waals surface area contributed by atoms with E-state index in [1.165, 1.54) is 6.07 Å². The molecule has 1 atom stereocenters. The lowest BCUT2D eigenvalue weighted by Crippen LogP contribution is -2.49. The number of hydrogen-bond donors (Lipinski definition) is 0. The molecule has 7 nitrogen and oxygen atoms in total. The highest BCUT2D eigenvalue weighted by atomic mass is 16.6. The first-order valence-electron chi connectivity index (χ1n) is 6.64. The molecule has 2 rings (SSSR count). The predicted octanol–water partition coefficient (Wildman–Crippen LogP) is 1.50. The predicted molar refractivity (Wildman–Crippen MR) is 76.7 cm³/mol. The molecule has 0 saturated carbocycles. The van der Waals surface area contributed by atoms with Crippen molar-refractivity contribution < 1.29 is 4.92 Å². The number of nitriles is 2. The van der Waals surface area contributed by atoms with Crippen molar-refractivity contribution in [3.63, 3.8) is 0 Å². The van der Waals surface area contributed by atoms with Gasteiger partial charge in [0.1, 0.15) is 17.3 Å². The summed E-state index contributed by atoms with van der Waals surface area (Å²) in [6, 6.07) is 8.69. The number of nitro groups is 1. The van der Waals surface area contributed by atoms with Gasteiger partial charge in [-0.2, -0.15) is 10.5 Å². The van der Waals surface area contributed by atoms with Crippen LogP contribution in [0.1, 0.15) is 12.5 Å². The Balaban J connectivity index is 2.24. The average Bonchev–Trinajstić information content (AvgIpc) is 2.53. The number of piperazine rings is 1. The molecule has 108 valence electrons. The Morgan fingerprint density at radius 2 is 1.95 bits per heavy atom. The van der Waals surface area contributed by atoms with Gasteiger partial charge in [0.15, 0.2) is 0 Å². The molecule has 1 saturated heterocycles. The number of anilines is 1. The molecule has 0 radical (unpaired) electrons. The number of nitrogens with zero attached hydrogens (tertiary/aromatic N) is 5. The van der Waals surface area contributed by atoms with Crippen molar-refractivity contribution in [3.8, 4) is 12.1 Å². The van der Waals surface area contributed by atoms with Gasteiger partial charge in [-0.15, -0.1) is 0 Å². The van der Waals surface area contributed by atoms with Crippen molar-refractivity contribution in [2.24, 2.45) is 0 Å². The first-order chi connectivity index (χ1) is 10.1. The Kier molecular flexibility index (Phi) is 4.36. The van der Waals surface area contributed by atoms with E-state index in [1.54, 1.807) is 12.1 Å². The van der Waals surface area contributed by atoms with Crippen LogP contribution in [0.15, 0.2) is 18.2 Å². The van der Waals surface area contributed by atoms with E-state index < -0.39 is 4.92 Å². The SMILES string of the molecule is CC(C#N)N1CCN(c2cccc(C#N)c2[N+](=O)[O-])CC1. The number of para-hydroxylation sites is 1. The second kappa shape index (κ2) is 6.21. The van der Waals surface area contributed by atoms with Crippen molar-refractivity contribution in [2.75, 3.05) is 31.1 Å². The molecule has 1 aliphatic heterocycles. The van der Waals surface area contributed by atoms with Crippen LogP contribution in [0.5, 0.6) is 0 Å². The summed E-state index contributed by atoms with van der Waals surface area (Å²) >= 11 is 0. The number of hydrogen-bond acceptors (Lipinski definition) is 6. The molecule has 1 fully saturated rings. The maximum absolute atomic E-state index is 11.2. The van der Waals surface area contributed by atoms with E-state index in [-0.39, 0.29) is 17.3 Å². The van der Waals surface area contributed by atoms with Crippen LogP contribution < -0.4 is 4.90 Å². The first-order valence-corrected chi connectivity index (χ1v) is 6.64. The lowest BCUT2D eigenvalue weighted by molar-refractivity contribution is -0.384. The van der Waals surface area contributed by atoms with Gasteiger partial charge in [-0.25, -0.2) is 0 Å². The Bertz CT molecular complexity index is 623. The van der Waals surface area contributed by atoms with Gasteiger partial charge in [0.25, 0.3) is 0 Å². The molecule has 1 aliphatic rings. The van der Waals surface area contributed by atoms with Crippen LogP contribution in [0.3, 0.4) is 0 Å². The monoisotopic (exact) mass is 285 g/mol. The normalized spacial score (nSPS) is 16.8. The van der Waals surface area contributed by atoms with Crippen molar-refractivity contribution in [3.05, 3.63) is 33.9 Å². The van der Waals surface area contributed by atoms with Crippen LogP contribution in [0.25, 0.3) is 0 Å². The summed E-state index contributed by atoms with van der Waals surface area (Å²) < 4.78 is 0. The quantitative estimate of drug-likeness (QED) is 0.616. The average molecular weight is 285 g/mol. The molecule has 0 spiro atoms. The summed E-state index contributed by atoms with van der Waals surface area (Å²) in [6.07, 6.45) is 0. The molecule has 0 N–H and O–H groups in total. The molecule has 0 aliphatic carbocycles. The van der Waals surface area contributed by atoms with E-state index in [4.69, 9.17) is 10.5 Å². The topological polar surface area (TPSA) is 97.2 Å². The third-order valence-corrected chi connectivity index (χ3v) is 3.71. The molecule has 1 aromatic carbocycles. The summed E-state index contributed by atoms with van der Waals surface area (Å²) in [5, 5.41) is 29.2. The van der Waals surface area contributed by atoms with Crippen LogP contribution in [-0.4, -0.2) is 42.0 Å². The van der Waals surface area contributed by atoms with Crippen LogP contribution in [0, 0.1) is 32.8 Å². The van der Waals surface area contributed by atoms with E-state index in [0.29, 0.717) is 31.9 Å². The lowest BCUT2D eigenvalue weighted by Gasteiger charge is -2.36. The molecule has 7 heteroatoms. The number of benzene rings is 1. The van der Waals surface area contributed by atoms with Gasteiger partial charge < -0.3 is 4.90 Å². The van der Waals surface area contributed by atoms with Crippen LogP contribution in [0.2, 0.25) is 0 Å². The summed E-state index contributed by atoms with van der Waals surface area (Å²) in [5.41, 5.74) is 0.412. The van der Waals surface area contributed by atoms with Gasteiger partial charge >= 0.3 is 5.69 Å². The standard InChI is InChI=1S/C14H15N5O2/c1-11(9-15)17-5-7-18(8-6-17)13-4-2-3-12(10-16)14(13)19(20)21/h2-4,11H,5-8H2,1H3. The zero-order valence-corrected chi connectivity index (χ0v) is 11.7. The molecular formula is C14H15N5O2. The van der Waals surface area contributed by atoms with Crippen LogP contribution in [-0.2, 0) is 0 Å². The fourth-order valence-electron chi connectivity index (χ4n) is 2.50. The minimum atomic E-state index is -0.502. The van der Waals surface area contributed by atoms with Crippen molar-refractivity contribution in [1.29, 1.82) is 10.5 Å². The van der Waals surface area contributed by atoms with Gasteiger partial charge in [-0.3, -0.25) is 15.0 Å². The highest BCUT2D eigenvalue weighted by Crippen LogP contribution is 2.32. The van der Waals surface area contributed by atoms with E-state index in [9.17, 15) is 10.1 Å². The lowest BCUT2D eigenvalue weighted by atomic mass is 10.1. The van der Waals surface area contributed by atoms with Crippen LogP contribution >= 0.6 is 0 Å². The fourth-order valence-corrected chi connectivity index (χ4v) is 2.50. The maximum atomic E-state index is 11.2. The van der Waals surface area contributed by atoms with E-state index in [1.807, 2.05) is 22.8 Å². The molecular weight excluding hydrogens is 270 g/mol. The zero-order valence-electron chi connectivity index (χ0n) is 11.7. The minimum Gasteiger partial charge on any atom is -0.363 e. The highest BCUT2D eigenvalue weighted by molar-refractivity contribution is 5.70. The molecule has 1 heterocycles. The molecule has 21 heavy (non-hydrogen) atoms. The summed E-state index contributed by atoms with van der Waals surface area (Å²) in [7, 11) is 0. The Labute approximate surface area is 122 Å². The van der Waals surface area contributed by atoms with E-state index in [0.717, 1.165) is 0 Å². The van der Waals surface area contributed by atoms with Gasteiger partial charge in [-0.05, 0) is 19.1 Å². The van der Waals surface area contributed by atoms with E-state index in [2.05, 4.69) is 6.07 Å². The number of rotatable bonds is 3. The summed E-state index contributed by atoms with van der Waals surface area (Å²) in [6.45, 7) is 4.38. The Morgan fingerprint density at radius 1 is 1.29 bits per heavy atom. The molecule has 1 aromatic rings. The van der Waals surface area contributed by atoms with Crippen molar-refractivity contribution in [1.82, 2.24) is 4.90 Å². The molecule has 0 amide bonds. The molecule has 1 unspecified atom stereocenters. The third kappa shape index (κ3) is 2.93. The Hall–Kier alpha value is -2.64. The van der Waals surface area contributed by atoms with Gasteiger partial charge in [0.2, 0.25) is 0 Å². The number of nitro benzene ring substituents is 1. The Morgan fingerprint density at radius 3 is 2.48 bits per heavy atom. The van der Waals surface area contributed by atoms with Crippen LogP contribution in [0.4, 0.5) is 11.4 Å². The second-order valence-corrected chi connectivity index (χ2v) is 4.87. The third-order valence-electron chi connectivity index (χ3n) is 3.71. The molecule has 0 bridgehead atoms. The minimum absolute atomic E-state index is 0.0744. The van der Waals surface area contributed by atoms with Crippen molar-refractivity contribution >= 4 is 11.4 Å². The van der Waals surface area contributed by atoms with Gasteiger partial charge in [0.05, 0.1) is 17.0 Å². The highest BCUT2D eigenvalue weighted by Gasteiger charge is 2.27.